The molecule has 0 bridgehead atoms. The molecule has 0 radical (unpaired) electrons. The van der Waals surface area contributed by atoms with Crippen LogP contribution in [0.3, 0.4) is 0 Å². The average molecular weight is 938 g/mol. The number of hydrogen-bond acceptors (Lipinski definition) is 6. The SMILES string of the molecule is CC/C=C\C/C=C\C/C=C\CCCCCCCC(=O)OC(COC(=O)CCCCCCCCCCC)COC(=O)CCCCCCCCCCCCCCC/C=C\C/C=C\CCCCCCC. The van der Waals surface area contributed by atoms with E-state index >= 15 is 0 Å². The molecular weight excluding hydrogens is 829 g/mol. The lowest BCUT2D eigenvalue weighted by atomic mass is 10.0. The van der Waals surface area contributed by atoms with Crippen LogP contribution in [-0.2, 0) is 28.6 Å². The molecule has 1 atom stereocenters. The van der Waals surface area contributed by atoms with Gasteiger partial charge < -0.3 is 14.2 Å². The number of unbranched alkanes of at least 4 members (excludes halogenated alkanes) is 31. The van der Waals surface area contributed by atoms with Gasteiger partial charge in [0, 0.05) is 19.3 Å². The number of hydrogen-bond donors (Lipinski definition) is 0. The molecule has 0 aromatic carbocycles. The normalized spacial score (nSPS) is 12.5. The monoisotopic (exact) mass is 937 g/mol. The molecule has 0 aromatic rings. The van der Waals surface area contributed by atoms with Crippen molar-refractivity contribution in [3.8, 4) is 0 Å². The molecular formula is C61H108O6. The van der Waals surface area contributed by atoms with E-state index < -0.39 is 6.10 Å². The van der Waals surface area contributed by atoms with Gasteiger partial charge in [-0.05, 0) is 83.5 Å². The Hall–Kier alpha value is -2.89. The summed E-state index contributed by atoms with van der Waals surface area (Å²) in [6, 6.07) is 0. The first-order chi connectivity index (χ1) is 33.0. The van der Waals surface area contributed by atoms with Gasteiger partial charge in [0.05, 0.1) is 0 Å². The fourth-order valence-electron chi connectivity index (χ4n) is 8.19. The summed E-state index contributed by atoms with van der Waals surface area (Å²) in [6.07, 6.45) is 69.4. The Balaban J connectivity index is 4.20. The zero-order valence-electron chi connectivity index (χ0n) is 44.4. The molecule has 388 valence electrons. The van der Waals surface area contributed by atoms with Crippen molar-refractivity contribution in [2.24, 2.45) is 0 Å². The largest absolute Gasteiger partial charge is 0.462 e. The third-order valence-corrected chi connectivity index (χ3v) is 12.5. The van der Waals surface area contributed by atoms with Crippen molar-refractivity contribution in [2.45, 2.75) is 297 Å². The van der Waals surface area contributed by atoms with Gasteiger partial charge in [0.1, 0.15) is 13.2 Å². The van der Waals surface area contributed by atoms with Crippen LogP contribution >= 0.6 is 0 Å². The molecule has 0 N–H and O–H groups in total. The zero-order chi connectivity index (χ0) is 48.6. The molecule has 0 rings (SSSR count). The number of rotatable bonds is 52. The van der Waals surface area contributed by atoms with Crippen molar-refractivity contribution in [1.82, 2.24) is 0 Å². The fourth-order valence-corrected chi connectivity index (χ4v) is 8.19. The quantitative estimate of drug-likeness (QED) is 0.0262. The van der Waals surface area contributed by atoms with Crippen molar-refractivity contribution in [3.05, 3.63) is 60.8 Å². The first kappa shape index (κ1) is 64.1. The van der Waals surface area contributed by atoms with Crippen molar-refractivity contribution in [2.75, 3.05) is 13.2 Å². The standard InChI is InChI=1S/C61H108O6/c1-4-7-10-13-16-19-21-23-25-26-27-28-29-30-31-32-33-34-36-37-39-42-45-48-51-54-60(63)66-57-58(56-65-59(62)53-50-47-44-41-18-15-12-9-6-3)67-61(64)55-52-49-46-43-40-38-35-24-22-20-17-14-11-8-5-2/h8,11,17,20-21,23-24,26-27,35,58H,4-7,9-10,12-16,18-19,22,25,28-34,36-57H2,1-3H3/b11-8-,20-17-,23-21-,27-26-,35-24-. The number of carbonyl (C=O) groups is 3. The Morgan fingerprint density at radius 2 is 0.582 bits per heavy atom. The van der Waals surface area contributed by atoms with E-state index in [1.165, 1.54) is 148 Å². The predicted octanol–water partition coefficient (Wildman–Crippen LogP) is 19.2. The molecule has 0 saturated heterocycles. The van der Waals surface area contributed by atoms with Crippen molar-refractivity contribution >= 4 is 17.9 Å². The van der Waals surface area contributed by atoms with E-state index in [0.29, 0.717) is 19.3 Å². The minimum absolute atomic E-state index is 0.0792. The molecule has 0 spiro atoms. The molecule has 0 aliphatic carbocycles. The molecule has 0 amide bonds. The topological polar surface area (TPSA) is 78.9 Å². The summed E-state index contributed by atoms with van der Waals surface area (Å²) in [5.41, 5.74) is 0. The third-order valence-electron chi connectivity index (χ3n) is 12.5. The molecule has 6 heteroatoms. The van der Waals surface area contributed by atoms with Crippen LogP contribution in [0.15, 0.2) is 60.8 Å². The maximum atomic E-state index is 12.8. The van der Waals surface area contributed by atoms with Crippen LogP contribution in [0.25, 0.3) is 0 Å². The van der Waals surface area contributed by atoms with Crippen LogP contribution in [0, 0.1) is 0 Å². The van der Waals surface area contributed by atoms with Gasteiger partial charge in [-0.3, -0.25) is 14.4 Å². The Kier molecular flexibility index (Phi) is 53.3. The Labute approximate surface area is 415 Å². The van der Waals surface area contributed by atoms with Gasteiger partial charge in [-0.15, -0.1) is 0 Å². The minimum atomic E-state index is -0.780. The van der Waals surface area contributed by atoms with Crippen LogP contribution < -0.4 is 0 Å². The molecule has 0 saturated carbocycles. The van der Waals surface area contributed by atoms with E-state index in [1.54, 1.807) is 0 Å². The molecule has 67 heavy (non-hydrogen) atoms. The van der Waals surface area contributed by atoms with Gasteiger partial charge in [0.25, 0.3) is 0 Å². The summed E-state index contributed by atoms with van der Waals surface area (Å²) in [6.45, 7) is 6.50. The summed E-state index contributed by atoms with van der Waals surface area (Å²) in [5, 5.41) is 0. The van der Waals surface area contributed by atoms with Crippen molar-refractivity contribution in [1.29, 1.82) is 0 Å². The molecule has 0 aliphatic rings. The highest BCUT2D eigenvalue weighted by molar-refractivity contribution is 5.71. The molecule has 0 aliphatic heterocycles. The van der Waals surface area contributed by atoms with Gasteiger partial charge in [0.2, 0.25) is 0 Å². The van der Waals surface area contributed by atoms with Crippen LogP contribution in [0.5, 0.6) is 0 Å². The summed E-state index contributed by atoms with van der Waals surface area (Å²) < 4.78 is 16.8. The second kappa shape index (κ2) is 55.7. The summed E-state index contributed by atoms with van der Waals surface area (Å²) in [7, 11) is 0. The fraction of sp³-hybridized carbons (Fsp3) is 0.787. The molecule has 0 heterocycles. The van der Waals surface area contributed by atoms with Gasteiger partial charge >= 0.3 is 17.9 Å². The van der Waals surface area contributed by atoms with E-state index in [4.69, 9.17) is 14.2 Å². The van der Waals surface area contributed by atoms with Gasteiger partial charge in [0.15, 0.2) is 6.10 Å². The lowest BCUT2D eigenvalue weighted by molar-refractivity contribution is -0.167. The average Bonchev–Trinajstić information content (AvgIpc) is 3.33. The Morgan fingerprint density at radius 3 is 0.910 bits per heavy atom. The molecule has 0 aromatic heterocycles. The zero-order valence-corrected chi connectivity index (χ0v) is 44.4. The minimum Gasteiger partial charge on any atom is -0.462 e. The van der Waals surface area contributed by atoms with Crippen molar-refractivity contribution in [3.63, 3.8) is 0 Å². The predicted molar refractivity (Wildman–Crippen MR) is 288 cm³/mol. The summed E-state index contributed by atoms with van der Waals surface area (Å²) in [5.74, 6) is -0.891. The maximum Gasteiger partial charge on any atom is 0.306 e. The summed E-state index contributed by atoms with van der Waals surface area (Å²) in [4.78, 5) is 38.0. The van der Waals surface area contributed by atoms with Crippen LogP contribution in [0.4, 0.5) is 0 Å². The smallest absolute Gasteiger partial charge is 0.306 e. The first-order valence-electron chi connectivity index (χ1n) is 28.8. The van der Waals surface area contributed by atoms with Gasteiger partial charge in [-0.1, -0.05) is 248 Å². The van der Waals surface area contributed by atoms with Crippen LogP contribution in [0.2, 0.25) is 0 Å². The van der Waals surface area contributed by atoms with Gasteiger partial charge in [-0.2, -0.15) is 0 Å². The van der Waals surface area contributed by atoms with E-state index in [9.17, 15) is 14.4 Å². The lowest BCUT2D eigenvalue weighted by Crippen LogP contribution is -2.30. The van der Waals surface area contributed by atoms with E-state index in [-0.39, 0.29) is 31.1 Å². The number of carbonyl (C=O) groups excluding carboxylic acids is 3. The first-order valence-corrected chi connectivity index (χ1v) is 28.8. The number of esters is 3. The van der Waals surface area contributed by atoms with E-state index in [0.717, 1.165) is 103 Å². The Morgan fingerprint density at radius 1 is 0.313 bits per heavy atom. The van der Waals surface area contributed by atoms with Crippen LogP contribution in [-0.4, -0.2) is 37.2 Å². The highest BCUT2D eigenvalue weighted by Crippen LogP contribution is 2.16. The highest BCUT2D eigenvalue weighted by atomic mass is 16.6. The second-order valence-corrected chi connectivity index (χ2v) is 19.2. The van der Waals surface area contributed by atoms with E-state index in [2.05, 4.69) is 81.5 Å². The number of allylic oxidation sites excluding steroid dienone is 10. The third kappa shape index (κ3) is 53.9. The second-order valence-electron chi connectivity index (χ2n) is 19.2. The highest BCUT2D eigenvalue weighted by Gasteiger charge is 2.19. The van der Waals surface area contributed by atoms with Gasteiger partial charge in [-0.25, -0.2) is 0 Å². The lowest BCUT2D eigenvalue weighted by Gasteiger charge is -2.18. The summed E-state index contributed by atoms with van der Waals surface area (Å²) >= 11 is 0. The molecule has 0 fully saturated rings. The molecule has 1 unspecified atom stereocenters. The Bertz CT molecular complexity index is 1210. The van der Waals surface area contributed by atoms with Crippen LogP contribution in [0.1, 0.15) is 290 Å². The molecule has 6 nitrogen and oxygen atoms in total. The maximum absolute atomic E-state index is 12.8. The van der Waals surface area contributed by atoms with E-state index in [1.807, 2.05) is 0 Å². The number of ether oxygens (including phenoxy) is 3. The van der Waals surface area contributed by atoms with Crippen molar-refractivity contribution < 1.29 is 28.6 Å².